The minimum Gasteiger partial charge on any atom is -0.379 e. The van der Waals surface area contributed by atoms with Crippen LogP contribution in [-0.2, 0) is 11.3 Å². The van der Waals surface area contributed by atoms with E-state index in [9.17, 15) is 18.4 Å². The molecule has 1 aliphatic carbocycles. The van der Waals surface area contributed by atoms with Gasteiger partial charge in [0.25, 0.3) is 11.1 Å². The topological polar surface area (TPSA) is 96.0 Å². The fourth-order valence-corrected chi connectivity index (χ4v) is 4.40. The van der Waals surface area contributed by atoms with Crippen LogP contribution in [-0.4, -0.2) is 57.3 Å². The van der Waals surface area contributed by atoms with Crippen molar-refractivity contribution in [3.8, 4) is 0 Å². The number of H-pyrrole nitrogens is 2. The first-order valence-corrected chi connectivity index (χ1v) is 11.8. The fourth-order valence-electron chi connectivity index (χ4n) is 4.40. The van der Waals surface area contributed by atoms with Gasteiger partial charge in [-0.15, -0.1) is 0 Å². The molecule has 1 aliphatic heterocycles. The van der Waals surface area contributed by atoms with Gasteiger partial charge >= 0.3 is 0 Å². The van der Waals surface area contributed by atoms with Gasteiger partial charge in [-0.1, -0.05) is 0 Å². The van der Waals surface area contributed by atoms with Gasteiger partial charge < -0.3 is 19.3 Å². The zero-order valence-electron chi connectivity index (χ0n) is 19.2. The molecule has 35 heavy (non-hydrogen) atoms. The zero-order valence-corrected chi connectivity index (χ0v) is 19.2. The summed E-state index contributed by atoms with van der Waals surface area (Å²) in [6.07, 6.45) is 7.60. The van der Waals surface area contributed by atoms with Crippen LogP contribution in [0.2, 0.25) is 0 Å². The lowest BCUT2D eigenvalue weighted by molar-refractivity contribution is 0.0369. The number of aryl methyl sites for hydroxylation is 1. The number of nitrogens with one attached hydrogen (secondary N) is 2. The number of hydrogen-bond acceptors (Lipinski definition) is 5. The molecule has 3 heterocycles. The molecule has 2 aromatic heterocycles. The van der Waals surface area contributed by atoms with E-state index in [2.05, 4.69) is 24.4 Å². The summed E-state index contributed by atoms with van der Waals surface area (Å²) in [5.74, 6) is -0.952. The largest absolute Gasteiger partial charge is 0.379 e. The normalized spacial score (nSPS) is 17.9. The number of aromatic amines is 2. The monoisotopic (exact) mass is 483 g/mol. The number of nitrogens with zero attached hydrogens (tertiary/aromatic N) is 3. The van der Waals surface area contributed by atoms with Crippen LogP contribution in [0.5, 0.6) is 0 Å². The number of hydrogen-bond donors (Lipinski definition) is 2. The van der Waals surface area contributed by atoms with Crippen LogP contribution in [0.25, 0.3) is 12.2 Å². The molecule has 1 aromatic carbocycles. The van der Waals surface area contributed by atoms with Crippen LogP contribution in [0.3, 0.4) is 0 Å². The molecule has 0 unspecified atom stereocenters. The third-order valence-electron chi connectivity index (χ3n) is 6.37. The zero-order chi connectivity index (χ0) is 24.4. The number of morpholine rings is 1. The van der Waals surface area contributed by atoms with E-state index in [1.165, 1.54) is 0 Å². The van der Waals surface area contributed by atoms with Gasteiger partial charge in [0.1, 0.15) is 22.3 Å². The minimum atomic E-state index is -0.699. The molecule has 2 N–H and O–H groups in total. The van der Waals surface area contributed by atoms with Crippen molar-refractivity contribution in [2.75, 3.05) is 32.8 Å². The van der Waals surface area contributed by atoms with Gasteiger partial charge in [0.05, 0.1) is 25.2 Å². The Hall–Kier alpha value is -3.37. The molecule has 0 atom stereocenters. The first-order valence-electron chi connectivity index (χ1n) is 11.8. The van der Waals surface area contributed by atoms with Gasteiger partial charge in [-0.25, -0.2) is 13.8 Å². The number of aromatic nitrogens is 4. The molecule has 0 radical (unpaired) electrons. The van der Waals surface area contributed by atoms with Gasteiger partial charge in [-0.3, -0.25) is 14.5 Å². The Balaban J connectivity index is 1.42. The first kappa shape index (κ1) is 23.4. The summed E-state index contributed by atoms with van der Waals surface area (Å²) in [5.41, 5.74) is 0.445. The van der Waals surface area contributed by atoms with Crippen LogP contribution in [0.15, 0.2) is 34.1 Å². The predicted molar refractivity (Wildman–Crippen MR) is 127 cm³/mol. The van der Waals surface area contributed by atoms with E-state index in [4.69, 9.17) is 4.74 Å². The van der Waals surface area contributed by atoms with Gasteiger partial charge in [0, 0.05) is 43.4 Å². The molecule has 3 aromatic rings. The number of ether oxygens (including phenoxy) is 1. The lowest BCUT2D eigenvalue weighted by Crippen LogP contribution is -2.46. The third-order valence-corrected chi connectivity index (χ3v) is 6.37. The Morgan fingerprint density at radius 3 is 2.46 bits per heavy atom. The molecule has 2 fully saturated rings. The van der Waals surface area contributed by atoms with Crippen molar-refractivity contribution in [3.63, 3.8) is 0 Å². The molecule has 1 saturated carbocycles. The van der Waals surface area contributed by atoms with E-state index in [-0.39, 0.29) is 16.3 Å². The summed E-state index contributed by atoms with van der Waals surface area (Å²) in [4.78, 5) is 37.2. The number of imidazole rings is 1. The average molecular weight is 484 g/mol. The molecule has 184 valence electrons. The molecule has 2 aliphatic rings. The maximum atomic E-state index is 13.9. The average Bonchev–Trinajstić information content (AvgIpc) is 3.61. The lowest BCUT2D eigenvalue weighted by Gasteiger charge is -2.26. The van der Waals surface area contributed by atoms with Crippen molar-refractivity contribution in [1.29, 1.82) is 0 Å². The van der Waals surface area contributed by atoms with Gasteiger partial charge in [-0.05, 0) is 49.6 Å². The Kier molecular flexibility index (Phi) is 6.74. The van der Waals surface area contributed by atoms with E-state index in [0.717, 1.165) is 88.6 Å². The summed E-state index contributed by atoms with van der Waals surface area (Å²) >= 11 is 0. The molecule has 8 nitrogen and oxygen atoms in total. The molecule has 5 rings (SSSR count). The van der Waals surface area contributed by atoms with Crippen LogP contribution in [0, 0.1) is 11.6 Å². The number of halogens is 2. The second-order valence-electron chi connectivity index (χ2n) is 8.98. The van der Waals surface area contributed by atoms with Crippen LogP contribution < -0.4 is 21.8 Å². The quantitative estimate of drug-likeness (QED) is 0.518. The van der Waals surface area contributed by atoms with Crippen LogP contribution >= 0.6 is 0 Å². The van der Waals surface area contributed by atoms with E-state index < -0.39 is 22.8 Å². The van der Waals surface area contributed by atoms with E-state index in [1.807, 2.05) is 0 Å². The Morgan fingerprint density at radius 1 is 1.03 bits per heavy atom. The summed E-state index contributed by atoms with van der Waals surface area (Å²) in [6, 6.07) is 2.91. The van der Waals surface area contributed by atoms with Crippen molar-refractivity contribution in [2.24, 2.45) is 0 Å². The van der Waals surface area contributed by atoms with Crippen LogP contribution in [0.1, 0.15) is 42.1 Å². The minimum absolute atomic E-state index is 0.0623. The third kappa shape index (κ3) is 5.49. The highest BCUT2D eigenvalue weighted by Gasteiger charge is 2.29. The highest BCUT2D eigenvalue weighted by atomic mass is 19.1. The lowest BCUT2D eigenvalue weighted by atomic mass is 10.2. The first-order chi connectivity index (χ1) is 17.0. The molecule has 1 saturated heterocycles. The van der Waals surface area contributed by atoms with E-state index in [1.54, 1.807) is 12.4 Å². The van der Waals surface area contributed by atoms with Gasteiger partial charge in [0.15, 0.2) is 0 Å². The van der Waals surface area contributed by atoms with Crippen molar-refractivity contribution in [1.82, 2.24) is 24.4 Å². The molecular weight excluding hydrogens is 456 g/mol. The molecule has 0 bridgehead atoms. The molecular formula is C25H27F2N5O3. The van der Waals surface area contributed by atoms with E-state index in [0.29, 0.717) is 11.6 Å². The van der Waals surface area contributed by atoms with Crippen molar-refractivity contribution in [3.05, 3.63) is 84.5 Å². The Bertz CT molecular complexity index is 1450. The van der Waals surface area contributed by atoms with Gasteiger partial charge in [-0.2, -0.15) is 0 Å². The SMILES string of the molecule is O=c1[nH]/c(=C\c2ncn(CCCN3CCOCC3)c2C2CC2)c(=O)[nH]/c1=C\c1cc(F)ccc1F. The number of rotatable bonds is 7. The molecule has 0 spiro atoms. The maximum Gasteiger partial charge on any atom is 0.272 e. The Labute approximate surface area is 199 Å². The summed E-state index contributed by atoms with van der Waals surface area (Å²) in [6.45, 7) is 5.27. The summed E-state index contributed by atoms with van der Waals surface area (Å²) in [7, 11) is 0. The Morgan fingerprint density at radius 2 is 1.74 bits per heavy atom. The highest BCUT2D eigenvalue weighted by molar-refractivity contribution is 5.50. The predicted octanol–water partition coefficient (Wildman–Crippen LogP) is 0.795. The van der Waals surface area contributed by atoms with Gasteiger partial charge in [0.2, 0.25) is 0 Å². The van der Waals surface area contributed by atoms with Crippen LogP contribution in [0.4, 0.5) is 8.78 Å². The highest BCUT2D eigenvalue weighted by Crippen LogP contribution is 2.41. The van der Waals surface area contributed by atoms with Crippen molar-refractivity contribution in [2.45, 2.75) is 31.7 Å². The fraction of sp³-hybridized carbons (Fsp3) is 0.400. The second-order valence-corrected chi connectivity index (χ2v) is 8.98. The molecule has 10 heteroatoms. The number of benzene rings is 1. The van der Waals surface area contributed by atoms with Crippen molar-refractivity contribution < 1.29 is 13.5 Å². The maximum absolute atomic E-state index is 13.9. The second kappa shape index (κ2) is 10.1. The summed E-state index contributed by atoms with van der Waals surface area (Å²) in [5, 5.41) is -0.0972. The smallest absolute Gasteiger partial charge is 0.272 e. The molecule has 0 amide bonds. The van der Waals surface area contributed by atoms with E-state index >= 15 is 0 Å². The summed E-state index contributed by atoms with van der Waals surface area (Å²) < 4.78 is 34.9. The standard InChI is InChI=1S/C25H27F2N5O3/c26-18-4-5-19(27)17(12-18)13-21-24(33)30-22(25(34)29-21)14-20-23(16-2-3-16)32(15-28-20)7-1-6-31-8-10-35-11-9-31/h4-5,12-16H,1-3,6-11H2,(H,29,34)(H,30,33)/b21-13-,22-14-. The van der Waals surface area contributed by atoms with Crippen molar-refractivity contribution >= 4 is 12.2 Å².